The molecule has 2 aromatic rings. The molecular weight excluding hydrogens is 324 g/mol. The van der Waals surface area contributed by atoms with Crippen LogP contribution in [-0.2, 0) is 11.2 Å². The van der Waals surface area contributed by atoms with E-state index in [9.17, 15) is 4.79 Å². The molecule has 4 heteroatoms. The molecule has 4 nitrogen and oxygen atoms in total. The van der Waals surface area contributed by atoms with Gasteiger partial charge in [0.25, 0.3) is 0 Å². The number of benzene rings is 1. The van der Waals surface area contributed by atoms with Gasteiger partial charge in [-0.05, 0) is 61.1 Å². The van der Waals surface area contributed by atoms with E-state index in [1.54, 1.807) is 6.20 Å². The highest BCUT2D eigenvalue weighted by Crippen LogP contribution is 2.35. The standard InChI is InChI=1S/C22H24N2O2/c1-2-24(22(25)16-6-3-4-7-16)21(19-8-5-12-23-15-19)18-9-10-20-17(14-18)11-13-26-20/h5-6,8-10,12,14-15,21H,2-4,7,11,13H2,1H3/t21-/m1/s1. The molecule has 134 valence electrons. The summed E-state index contributed by atoms with van der Waals surface area (Å²) in [5, 5.41) is 0. The lowest BCUT2D eigenvalue weighted by Crippen LogP contribution is -2.36. The number of fused-ring (bicyclic) bond motifs is 1. The average Bonchev–Trinajstić information content (AvgIpc) is 3.37. The number of allylic oxidation sites excluding steroid dienone is 1. The monoisotopic (exact) mass is 348 g/mol. The maximum absolute atomic E-state index is 13.2. The first-order chi connectivity index (χ1) is 12.8. The van der Waals surface area contributed by atoms with E-state index in [4.69, 9.17) is 4.74 Å². The number of hydrogen-bond acceptors (Lipinski definition) is 3. The van der Waals surface area contributed by atoms with Crippen molar-refractivity contribution in [1.82, 2.24) is 9.88 Å². The summed E-state index contributed by atoms with van der Waals surface area (Å²) in [7, 11) is 0. The van der Waals surface area contributed by atoms with Crippen LogP contribution in [0.25, 0.3) is 0 Å². The number of rotatable bonds is 5. The van der Waals surface area contributed by atoms with Crippen LogP contribution in [0.3, 0.4) is 0 Å². The van der Waals surface area contributed by atoms with Crippen LogP contribution < -0.4 is 4.74 Å². The number of ether oxygens (including phenoxy) is 1. The Hall–Kier alpha value is -2.62. The van der Waals surface area contributed by atoms with E-state index in [1.165, 1.54) is 5.56 Å². The van der Waals surface area contributed by atoms with Crippen LogP contribution >= 0.6 is 0 Å². The van der Waals surface area contributed by atoms with Gasteiger partial charge in [-0.2, -0.15) is 0 Å². The summed E-state index contributed by atoms with van der Waals surface area (Å²) in [5.74, 6) is 1.11. The van der Waals surface area contributed by atoms with E-state index in [0.717, 1.165) is 54.7 Å². The topological polar surface area (TPSA) is 42.4 Å². The predicted molar refractivity (Wildman–Crippen MR) is 101 cm³/mol. The minimum absolute atomic E-state index is 0.131. The third kappa shape index (κ3) is 3.12. The van der Waals surface area contributed by atoms with Crippen molar-refractivity contribution in [2.75, 3.05) is 13.2 Å². The average molecular weight is 348 g/mol. The fraction of sp³-hybridized carbons (Fsp3) is 0.364. The van der Waals surface area contributed by atoms with Crippen LogP contribution in [0.15, 0.2) is 54.4 Å². The highest BCUT2D eigenvalue weighted by atomic mass is 16.5. The van der Waals surface area contributed by atoms with Crippen LogP contribution in [0.4, 0.5) is 0 Å². The molecule has 0 saturated heterocycles. The molecule has 0 bridgehead atoms. The Balaban J connectivity index is 1.76. The number of likely N-dealkylation sites (N-methyl/N-ethyl adjacent to an activating group) is 1. The molecule has 0 unspecified atom stereocenters. The van der Waals surface area contributed by atoms with Crippen LogP contribution in [-0.4, -0.2) is 28.9 Å². The fourth-order valence-corrected chi connectivity index (χ4v) is 3.96. The third-order valence-corrected chi connectivity index (χ3v) is 5.26. The summed E-state index contributed by atoms with van der Waals surface area (Å²) < 4.78 is 5.65. The van der Waals surface area contributed by atoms with Crippen molar-refractivity contribution in [2.24, 2.45) is 0 Å². The third-order valence-electron chi connectivity index (χ3n) is 5.26. The van der Waals surface area contributed by atoms with E-state index >= 15 is 0 Å². The smallest absolute Gasteiger partial charge is 0.250 e. The van der Waals surface area contributed by atoms with Crippen LogP contribution in [0.1, 0.15) is 48.9 Å². The summed E-state index contributed by atoms with van der Waals surface area (Å²) in [5.41, 5.74) is 4.33. The second-order valence-electron chi connectivity index (χ2n) is 6.87. The minimum Gasteiger partial charge on any atom is -0.493 e. The van der Waals surface area contributed by atoms with Gasteiger partial charge in [0.05, 0.1) is 12.6 Å². The zero-order valence-corrected chi connectivity index (χ0v) is 15.1. The molecule has 2 heterocycles. The highest BCUT2D eigenvalue weighted by Gasteiger charge is 2.29. The number of nitrogens with zero attached hydrogens (tertiary/aromatic N) is 2. The summed E-state index contributed by atoms with van der Waals surface area (Å²) >= 11 is 0. The van der Waals surface area contributed by atoms with Crippen molar-refractivity contribution in [3.8, 4) is 5.75 Å². The molecule has 0 N–H and O–H groups in total. The SMILES string of the molecule is CCN(C(=O)C1=CCCC1)[C@@H](c1cccnc1)c1ccc2c(c1)CCO2. The summed E-state index contributed by atoms with van der Waals surface area (Å²) in [6.07, 6.45) is 9.63. The quantitative estimate of drug-likeness (QED) is 0.818. The van der Waals surface area contributed by atoms with Crippen molar-refractivity contribution in [2.45, 2.75) is 38.6 Å². The number of carbonyl (C=O) groups is 1. The maximum Gasteiger partial charge on any atom is 0.250 e. The van der Waals surface area contributed by atoms with Gasteiger partial charge in [-0.1, -0.05) is 18.2 Å². The lowest BCUT2D eigenvalue weighted by atomic mass is 9.95. The van der Waals surface area contributed by atoms with E-state index in [-0.39, 0.29) is 11.9 Å². The molecule has 1 aliphatic heterocycles. The zero-order valence-electron chi connectivity index (χ0n) is 15.1. The van der Waals surface area contributed by atoms with E-state index in [2.05, 4.69) is 29.3 Å². The zero-order chi connectivity index (χ0) is 17.9. The molecule has 1 atom stereocenters. The normalized spacial score (nSPS) is 16.6. The number of carbonyl (C=O) groups excluding carboxylic acids is 1. The summed E-state index contributed by atoms with van der Waals surface area (Å²) in [6, 6.07) is 10.2. The van der Waals surface area contributed by atoms with Crippen molar-refractivity contribution in [1.29, 1.82) is 0 Å². The second kappa shape index (κ2) is 7.32. The predicted octanol–water partition coefficient (Wildman–Crippen LogP) is 4.06. The molecule has 1 aliphatic carbocycles. The van der Waals surface area contributed by atoms with Crippen LogP contribution in [0.2, 0.25) is 0 Å². The van der Waals surface area contributed by atoms with Gasteiger partial charge in [-0.25, -0.2) is 0 Å². The molecule has 26 heavy (non-hydrogen) atoms. The molecule has 2 aliphatic rings. The Morgan fingerprint density at radius 2 is 2.19 bits per heavy atom. The molecule has 1 amide bonds. The maximum atomic E-state index is 13.2. The first kappa shape index (κ1) is 16.8. The Bertz CT molecular complexity index is 829. The number of amides is 1. The fourth-order valence-electron chi connectivity index (χ4n) is 3.96. The Labute approximate surface area is 154 Å². The first-order valence-electron chi connectivity index (χ1n) is 9.43. The van der Waals surface area contributed by atoms with Crippen molar-refractivity contribution in [3.63, 3.8) is 0 Å². The Kier molecular flexibility index (Phi) is 4.74. The number of hydrogen-bond donors (Lipinski definition) is 0. The van der Waals surface area contributed by atoms with Gasteiger partial charge < -0.3 is 9.64 Å². The molecule has 0 fully saturated rings. The number of aromatic nitrogens is 1. The largest absolute Gasteiger partial charge is 0.493 e. The van der Waals surface area contributed by atoms with Gasteiger partial charge in [-0.3, -0.25) is 9.78 Å². The van der Waals surface area contributed by atoms with Gasteiger partial charge in [0.2, 0.25) is 5.91 Å². The molecule has 1 aromatic heterocycles. The van der Waals surface area contributed by atoms with E-state index in [1.807, 2.05) is 30.2 Å². The Morgan fingerprint density at radius 1 is 1.27 bits per heavy atom. The molecule has 4 rings (SSSR count). The second-order valence-corrected chi connectivity index (χ2v) is 6.87. The van der Waals surface area contributed by atoms with E-state index < -0.39 is 0 Å². The molecule has 0 radical (unpaired) electrons. The van der Waals surface area contributed by atoms with Gasteiger partial charge in [0.15, 0.2) is 0 Å². The van der Waals surface area contributed by atoms with Crippen LogP contribution in [0.5, 0.6) is 5.75 Å². The van der Waals surface area contributed by atoms with Gasteiger partial charge in [-0.15, -0.1) is 0 Å². The molecular formula is C22H24N2O2. The highest BCUT2D eigenvalue weighted by molar-refractivity contribution is 5.94. The van der Waals surface area contributed by atoms with Crippen molar-refractivity contribution >= 4 is 5.91 Å². The molecule has 0 saturated carbocycles. The van der Waals surface area contributed by atoms with Crippen LogP contribution in [0, 0.1) is 0 Å². The van der Waals surface area contributed by atoms with Gasteiger partial charge >= 0.3 is 0 Å². The summed E-state index contributed by atoms with van der Waals surface area (Å²) in [4.78, 5) is 19.5. The lowest BCUT2D eigenvalue weighted by Gasteiger charge is -2.32. The van der Waals surface area contributed by atoms with E-state index in [0.29, 0.717) is 6.54 Å². The first-order valence-corrected chi connectivity index (χ1v) is 9.43. The van der Waals surface area contributed by atoms with Crippen molar-refractivity contribution in [3.05, 3.63) is 71.1 Å². The van der Waals surface area contributed by atoms with Crippen molar-refractivity contribution < 1.29 is 9.53 Å². The molecule has 1 aromatic carbocycles. The van der Waals surface area contributed by atoms with Gasteiger partial charge in [0, 0.05) is 30.9 Å². The minimum atomic E-state index is -0.131. The number of pyridine rings is 1. The Morgan fingerprint density at radius 3 is 2.92 bits per heavy atom. The van der Waals surface area contributed by atoms with Gasteiger partial charge in [0.1, 0.15) is 5.75 Å². The summed E-state index contributed by atoms with van der Waals surface area (Å²) in [6.45, 7) is 3.44. The lowest BCUT2D eigenvalue weighted by molar-refractivity contribution is -0.128. The molecule has 0 spiro atoms.